The number of pyridine rings is 2. The smallest absolute Gasteiger partial charge is 0.257 e. The van der Waals surface area contributed by atoms with Crippen molar-refractivity contribution in [2.24, 2.45) is 0 Å². The molecule has 0 fully saturated rings. The van der Waals surface area contributed by atoms with E-state index in [-0.39, 0.29) is 11.1 Å². The van der Waals surface area contributed by atoms with E-state index in [0.717, 1.165) is 22.0 Å². The fourth-order valence-corrected chi connectivity index (χ4v) is 3.66. The van der Waals surface area contributed by atoms with E-state index in [1.165, 1.54) is 6.92 Å². The van der Waals surface area contributed by atoms with Crippen molar-refractivity contribution in [2.45, 2.75) is 33.1 Å². The Morgan fingerprint density at radius 1 is 1.35 bits per heavy atom. The Balaban J connectivity index is 2.04. The Bertz CT molecular complexity index is 1130. The number of Topliss-reactive ketones (excluding diaryl/α,β-unsaturated/α-hetero) is 1. The van der Waals surface area contributed by atoms with Crippen LogP contribution in [-0.4, -0.2) is 25.5 Å². The normalized spacial score (nSPS) is 13.5. The van der Waals surface area contributed by atoms with Crippen LogP contribution >= 0.6 is 0 Å². The van der Waals surface area contributed by atoms with Gasteiger partial charge in [-0.3, -0.25) is 9.59 Å². The van der Waals surface area contributed by atoms with Crippen molar-refractivity contribution in [1.29, 1.82) is 0 Å². The van der Waals surface area contributed by atoms with Crippen LogP contribution in [0.15, 0.2) is 35.1 Å². The summed E-state index contributed by atoms with van der Waals surface area (Å²) in [4.78, 5) is 29.2. The Kier molecular flexibility index (Phi) is 3.75. The van der Waals surface area contributed by atoms with E-state index in [1.807, 2.05) is 31.2 Å². The molecule has 1 atom stereocenters. The molecule has 0 aliphatic carbocycles. The number of aliphatic hydroxyl groups excluding tert-OH is 2. The predicted molar refractivity (Wildman–Crippen MR) is 96.8 cm³/mol. The standard InChI is InChI=1S/C20H18N2O4/c1-10-12-5-3-4-6-16(12)21-18-14(10)8-22-17(18)7-13(19(25)11(2)24)15(9-23)20(22)26/h3-7,19,23,25H,8-9H2,1-2H3. The molecule has 6 heteroatoms. The quantitative estimate of drug-likeness (QED) is 0.588. The summed E-state index contributed by atoms with van der Waals surface area (Å²) < 4.78 is 1.55. The van der Waals surface area contributed by atoms with Gasteiger partial charge in [0.2, 0.25) is 0 Å². The second-order valence-corrected chi connectivity index (χ2v) is 6.61. The lowest BCUT2D eigenvalue weighted by Gasteiger charge is -2.14. The van der Waals surface area contributed by atoms with E-state index in [0.29, 0.717) is 17.9 Å². The maximum absolute atomic E-state index is 12.9. The monoisotopic (exact) mass is 350 g/mol. The largest absolute Gasteiger partial charge is 0.391 e. The highest BCUT2D eigenvalue weighted by Gasteiger charge is 2.29. The van der Waals surface area contributed by atoms with Crippen LogP contribution in [0.3, 0.4) is 0 Å². The number of hydrogen-bond acceptors (Lipinski definition) is 5. The lowest BCUT2D eigenvalue weighted by atomic mass is 9.99. The minimum atomic E-state index is -1.44. The van der Waals surface area contributed by atoms with Gasteiger partial charge in [0, 0.05) is 22.1 Å². The van der Waals surface area contributed by atoms with Crippen LogP contribution in [0.5, 0.6) is 0 Å². The van der Waals surface area contributed by atoms with Gasteiger partial charge in [0.15, 0.2) is 5.78 Å². The zero-order valence-electron chi connectivity index (χ0n) is 14.5. The molecule has 0 radical (unpaired) electrons. The summed E-state index contributed by atoms with van der Waals surface area (Å²) in [6.45, 7) is 3.07. The number of ketones is 1. The van der Waals surface area contributed by atoms with Gasteiger partial charge >= 0.3 is 0 Å². The highest BCUT2D eigenvalue weighted by Crippen LogP contribution is 2.36. The van der Waals surface area contributed by atoms with Crippen molar-refractivity contribution < 1.29 is 15.0 Å². The van der Waals surface area contributed by atoms with Gasteiger partial charge in [-0.15, -0.1) is 0 Å². The lowest BCUT2D eigenvalue weighted by molar-refractivity contribution is -0.125. The molecule has 1 aliphatic heterocycles. The maximum atomic E-state index is 12.9. The highest BCUT2D eigenvalue weighted by atomic mass is 16.3. The number of rotatable bonds is 3. The Hall–Kier alpha value is -2.83. The average Bonchev–Trinajstić information content (AvgIpc) is 3.00. The van der Waals surface area contributed by atoms with E-state index >= 15 is 0 Å². The number of para-hydroxylation sites is 1. The van der Waals surface area contributed by atoms with Crippen LogP contribution in [0.2, 0.25) is 0 Å². The summed E-state index contributed by atoms with van der Waals surface area (Å²) >= 11 is 0. The van der Waals surface area contributed by atoms with E-state index < -0.39 is 24.1 Å². The molecule has 6 nitrogen and oxygen atoms in total. The molecule has 26 heavy (non-hydrogen) atoms. The number of fused-ring (bicyclic) bond motifs is 4. The first-order valence-corrected chi connectivity index (χ1v) is 8.38. The molecule has 0 spiro atoms. The first kappa shape index (κ1) is 16.6. The fraction of sp³-hybridized carbons (Fsp3) is 0.250. The molecular weight excluding hydrogens is 332 g/mol. The molecule has 1 unspecified atom stereocenters. The summed E-state index contributed by atoms with van der Waals surface area (Å²) in [6.07, 6.45) is -1.44. The number of aromatic nitrogens is 2. The third-order valence-electron chi connectivity index (χ3n) is 5.11. The average molecular weight is 350 g/mol. The van der Waals surface area contributed by atoms with Gasteiger partial charge in [0.1, 0.15) is 6.10 Å². The lowest BCUT2D eigenvalue weighted by Crippen LogP contribution is -2.27. The molecule has 3 aromatic rings. The number of aryl methyl sites for hydroxylation is 1. The minimum absolute atomic E-state index is 0.0477. The van der Waals surface area contributed by atoms with E-state index in [2.05, 4.69) is 0 Å². The number of benzene rings is 1. The van der Waals surface area contributed by atoms with Crippen molar-refractivity contribution in [3.8, 4) is 11.4 Å². The molecule has 132 valence electrons. The van der Waals surface area contributed by atoms with Gasteiger partial charge in [0.05, 0.1) is 30.1 Å². The molecule has 0 saturated heterocycles. The molecule has 0 bridgehead atoms. The molecule has 4 rings (SSSR count). The van der Waals surface area contributed by atoms with Crippen LogP contribution in [0.25, 0.3) is 22.3 Å². The summed E-state index contributed by atoms with van der Waals surface area (Å²) in [5.74, 6) is -0.482. The summed E-state index contributed by atoms with van der Waals surface area (Å²) in [5, 5.41) is 20.9. The number of carbonyl (C=O) groups is 1. The zero-order valence-corrected chi connectivity index (χ0v) is 14.5. The Morgan fingerprint density at radius 3 is 2.77 bits per heavy atom. The fourth-order valence-electron chi connectivity index (χ4n) is 3.66. The van der Waals surface area contributed by atoms with Gasteiger partial charge in [-0.1, -0.05) is 18.2 Å². The summed E-state index contributed by atoms with van der Waals surface area (Å²) in [7, 11) is 0. The summed E-state index contributed by atoms with van der Waals surface area (Å²) in [5.41, 5.74) is 3.85. The zero-order chi connectivity index (χ0) is 18.6. The van der Waals surface area contributed by atoms with Gasteiger partial charge < -0.3 is 14.8 Å². The van der Waals surface area contributed by atoms with Crippen LogP contribution in [0.4, 0.5) is 0 Å². The van der Waals surface area contributed by atoms with Crippen molar-refractivity contribution in [3.05, 3.63) is 62.9 Å². The van der Waals surface area contributed by atoms with Crippen molar-refractivity contribution in [2.75, 3.05) is 0 Å². The number of aliphatic hydroxyl groups is 2. The second kappa shape index (κ2) is 5.86. The molecule has 1 aromatic carbocycles. The van der Waals surface area contributed by atoms with Crippen LogP contribution in [0, 0.1) is 6.92 Å². The van der Waals surface area contributed by atoms with Crippen LogP contribution < -0.4 is 5.56 Å². The topological polar surface area (TPSA) is 92.4 Å². The number of hydrogen-bond donors (Lipinski definition) is 2. The minimum Gasteiger partial charge on any atom is -0.391 e. The molecule has 0 amide bonds. The van der Waals surface area contributed by atoms with Crippen molar-refractivity contribution in [3.63, 3.8) is 0 Å². The first-order chi connectivity index (χ1) is 12.4. The number of carbonyl (C=O) groups excluding carboxylic acids is 1. The van der Waals surface area contributed by atoms with Crippen molar-refractivity contribution in [1.82, 2.24) is 9.55 Å². The van der Waals surface area contributed by atoms with E-state index in [4.69, 9.17) is 4.98 Å². The summed E-state index contributed by atoms with van der Waals surface area (Å²) in [6, 6.07) is 9.36. The molecular formula is C20H18N2O4. The Morgan fingerprint density at radius 2 is 2.08 bits per heavy atom. The van der Waals surface area contributed by atoms with Crippen LogP contribution in [-0.2, 0) is 17.9 Å². The number of nitrogens with zero attached hydrogens (tertiary/aromatic N) is 2. The van der Waals surface area contributed by atoms with E-state index in [9.17, 15) is 19.8 Å². The third kappa shape index (κ3) is 2.23. The molecule has 0 saturated carbocycles. The third-order valence-corrected chi connectivity index (χ3v) is 5.11. The van der Waals surface area contributed by atoms with Crippen LogP contribution in [0.1, 0.15) is 35.3 Å². The highest BCUT2D eigenvalue weighted by molar-refractivity contribution is 5.88. The van der Waals surface area contributed by atoms with Gasteiger partial charge in [-0.25, -0.2) is 4.98 Å². The van der Waals surface area contributed by atoms with Gasteiger partial charge in [-0.05, 0) is 31.5 Å². The van der Waals surface area contributed by atoms with Crippen molar-refractivity contribution >= 4 is 16.7 Å². The predicted octanol–water partition coefficient (Wildman–Crippen LogP) is 1.85. The maximum Gasteiger partial charge on any atom is 0.257 e. The van der Waals surface area contributed by atoms with E-state index in [1.54, 1.807) is 10.6 Å². The van der Waals surface area contributed by atoms with Gasteiger partial charge in [-0.2, -0.15) is 0 Å². The molecule has 3 heterocycles. The SMILES string of the molecule is CC(=O)C(O)c1cc2n(c(=O)c1CO)Cc1c-2nc2ccccc2c1C. The molecule has 2 N–H and O–H groups in total. The first-order valence-electron chi connectivity index (χ1n) is 8.38. The second-order valence-electron chi connectivity index (χ2n) is 6.61. The van der Waals surface area contributed by atoms with Gasteiger partial charge in [0.25, 0.3) is 5.56 Å². The Labute approximate surface area is 149 Å². The molecule has 1 aliphatic rings. The molecule has 2 aromatic heterocycles.